The number of imidazole rings is 1. The van der Waals surface area contributed by atoms with Gasteiger partial charge in [-0.05, 0) is 25.1 Å². The van der Waals surface area contributed by atoms with Crippen LogP contribution >= 0.6 is 24.0 Å². The topological polar surface area (TPSA) is 63.0 Å². The Morgan fingerprint density at radius 2 is 2.00 bits per heavy atom. The molecule has 0 fully saturated rings. The minimum absolute atomic E-state index is 0. The first-order valence-corrected chi connectivity index (χ1v) is 8.24. The van der Waals surface area contributed by atoms with Crippen molar-refractivity contribution in [2.24, 2.45) is 4.99 Å². The van der Waals surface area contributed by atoms with Gasteiger partial charge in [-0.25, -0.2) is 4.98 Å². The number of benzene rings is 1. The molecule has 1 unspecified atom stereocenters. The van der Waals surface area contributed by atoms with Crippen molar-refractivity contribution in [2.45, 2.75) is 19.5 Å². The summed E-state index contributed by atoms with van der Waals surface area (Å²) in [5, 5.41) is 6.69. The van der Waals surface area contributed by atoms with Crippen molar-refractivity contribution < 1.29 is 4.74 Å². The Bertz CT molecular complexity index is 844. The zero-order valence-electron chi connectivity index (χ0n) is 15.1. The van der Waals surface area contributed by atoms with Gasteiger partial charge in [-0.2, -0.15) is 0 Å². The third-order valence-corrected chi connectivity index (χ3v) is 4.03. The zero-order chi connectivity index (χ0) is 17.6. The number of nitrogens with one attached hydrogen (secondary N) is 2. The first kappa shape index (κ1) is 20.0. The van der Waals surface area contributed by atoms with Crippen LogP contribution in [-0.4, -0.2) is 29.5 Å². The molecule has 2 N–H and O–H groups in total. The van der Waals surface area contributed by atoms with Crippen LogP contribution in [-0.2, 0) is 6.54 Å². The van der Waals surface area contributed by atoms with Gasteiger partial charge in [-0.1, -0.05) is 24.3 Å². The summed E-state index contributed by atoms with van der Waals surface area (Å²) in [5.41, 5.74) is 2.98. The minimum atomic E-state index is 0. The number of hydrogen-bond donors (Lipinski definition) is 2. The SMILES string of the molecule is CN=C(NCc1cn2ccccc2n1)NC(C)c1ccccc1OC.I. The van der Waals surface area contributed by atoms with Crippen LogP contribution in [0, 0.1) is 0 Å². The Balaban J connectivity index is 0.00000243. The first-order valence-electron chi connectivity index (χ1n) is 8.24. The van der Waals surface area contributed by atoms with Crippen LogP contribution in [0.15, 0.2) is 59.9 Å². The largest absolute Gasteiger partial charge is 0.496 e. The molecule has 2 aromatic heterocycles. The molecule has 3 aromatic rings. The number of ether oxygens (including phenoxy) is 1. The average molecular weight is 465 g/mol. The van der Waals surface area contributed by atoms with Gasteiger partial charge in [0.15, 0.2) is 5.96 Å². The smallest absolute Gasteiger partial charge is 0.191 e. The fourth-order valence-electron chi connectivity index (χ4n) is 2.75. The van der Waals surface area contributed by atoms with Gasteiger partial charge in [0, 0.05) is 25.0 Å². The summed E-state index contributed by atoms with van der Waals surface area (Å²) in [7, 11) is 3.44. The molecule has 1 atom stereocenters. The molecule has 26 heavy (non-hydrogen) atoms. The van der Waals surface area contributed by atoms with Crippen molar-refractivity contribution in [3.63, 3.8) is 0 Å². The number of nitrogens with zero attached hydrogens (tertiary/aromatic N) is 3. The van der Waals surface area contributed by atoms with E-state index in [2.05, 4.69) is 27.5 Å². The number of hydrogen-bond acceptors (Lipinski definition) is 3. The normalized spacial score (nSPS) is 12.3. The highest BCUT2D eigenvalue weighted by Crippen LogP contribution is 2.24. The van der Waals surface area contributed by atoms with E-state index in [9.17, 15) is 0 Å². The lowest BCUT2D eigenvalue weighted by molar-refractivity contribution is 0.405. The predicted octanol–water partition coefficient (Wildman–Crippen LogP) is 3.39. The Kier molecular flexibility index (Phi) is 7.26. The molecule has 0 saturated heterocycles. The molecule has 1 aromatic carbocycles. The van der Waals surface area contributed by atoms with Crippen LogP contribution in [0.5, 0.6) is 5.75 Å². The third-order valence-electron chi connectivity index (χ3n) is 4.03. The van der Waals surface area contributed by atoms with E-state index >= 15 is 0 Å². The maximum absolute atomic E-state index is 5.43. The molecule has 0 spiro atoms. The molecular formula is C19H24IN5O. The monoisotopic (exact) mass is 465 g/mol. The van der Waals surface area contributed by atoms with Crippen molar-refractivity contribution in [1.29, 1.82) is 0 Å². The molecule has 0 bridgehead atoms. The van der Waals surface area contributed by atoms with Gasteiger partial charge in [-0.15, -0.1) is 24.0 Å². The summed E-state index contributed by atoms with van der Waals surface area (Å²) in [4.78, 5) is 8.88. The molecule has 0 aliphatic heterocycles. The van der Waals surface area contributed by atoms with Gasteiger partial charge >= 0.3 is 0 Å². The molecule has 7 heteroatoms. The molecule has 0 aliphatic rings. The van der Waals surface area contributed by atoms with Gasteiger partial charge in [0.2, 0.25) is 0 Å². The molecule has 3 rings (SSSR count). The lowest BCUT2D eigenvalue weighted by Gasteiger charge is -2.19. The highest BCUT2D eigenvalue weighted by atomic mass is 127. The van der Waals surface area contributed by atoms with Gasteiger partial charge in [0.25, 0.3) is 0 Å². The van der Waals surface area contributed by atoms with Crippen molar-refractivity contribution >= 4 is 35.6 Å². The van der Waals surface area contributed by atoms with Crippen molar-refractivity contribution in [3.8, 4) is 5.75 Å². The van der Waals surface area contributed by atoms with Crippen LogP contribution in [0.25, 0.3) is 5.65 Å². The number of aromatic nitrogens is 2. The highest BCUT2D eigenvalue weighted by Gasteiger charge is 2.12. The van der Waals surface area contributed by atoms with E-state index in [0.29, 0.717) is 6.54 Å². The van der Waals surface area contributed by atoms with E-state index in [1.807, 2.05) is 59.3 Å². The van der Waals surface area contributed by atoms with Gasteiger partial charge in [0.1, 0.15) is 11.4 Å². The van der Waals surface area contributed by atoms with Crippen LogP contribution in [0.3, 0.4) is 0 Å². The van der Waals surface area contributed by atoms with Gasteiger partial charge in [-0.3, -0.25) is 4.99 Å². The van der Waals surface area contributed by atoms with Crippen molar-refractivity contribution in [3.05, 3.63) is 66.1 Å². The quantitative estimate of drug-likeness (QED) is 0.345. The summed E-state index contributed by atoms with van der Waals surface area (Å²) >= 11 is 0. The highest BCUT2D eigenvalue weighted by molar-refractivity contribution is 14.0. The Labute approximate surface area is 170 Å². The summed E-state index contributed by atoms with van der Waals surface area (Å²) in [5.74, 6) is 1.58. The van der Waals surface area contributed by atoms with Crippen LogP contribution in [0.1, 0.15) is 24.2 Å². The van der Waals surface area contributed by atoms with Gasteiger partial charge in [0.05, 0.1) is 25.4 Å². The number of aliphatic imine (C=N–C) groups is 1. The summed E-state index contributed by atoms with van der Waals surface area (Å²) in [6, 6.07) is 14.0. The lowest BCUT2D eigenvalue weighted by Crippen LogP contribution is -2.38. The third kappa shape index (κ3) is 4.66. The average Bonchev–Trinajstić information content (AvgIpc) is 3.07. The van der Waals surface area contributed by atoms with E-state index in [1.165, 1.54) is 0 Å². The number of fused-ring (bicyclic) bond motifs is 1. The standard InChI is InChI=1S/C19H23N5O.HI/c1-14(16-8-4-5-9-17(16)25-3)22-19(20-2)21-12-15-13-24-11-7-6-10-18(24)23-15;/h4-11,13-14H,12H2,1-3H3,(H2,20,21,22);1H. The number of methoxy groups -OCH3 is 1. The Morgan fingerprint density at radius 3 is 2.73 bits per heavy atom. The van der Waals surface area contributed by atoms with Crippen LogP contribution in [0.2, 0.25) is 0 Å². The zero-order valence-corrected chi connectivity index (χ0v) is 17.5. The van der Waals surface area contributed by atoms with Crippen molar-refractivity contribution in [2.75, 3.05) is 14.2 Å². The summed E-state index contributed by atoms with van der Waals surface area (Å²) < 4.78 is 7.44. The number of para-hydroxylation sites is 1. The van der Waals surface area contributed by atoms with E-state index in [0.717, 1.165) is 28.6 Å². The number of pyridine rings is 1. The molecule has 0 saturated carbocycles. The Hall–Kier alpha value is -2.29. The maximum Gasteiger partial charge on any atom is 0.191 e. The molecule has 2 heterocycles. The fourth-order valence-corrected chi connectivity index (χ4v) is 2.75. The number of rotatable bonds is 5. The lowest BCUT2D eigenvalue weighted by atomic mass is 10.1. The molecular weight excluding hydrogens is 441 g/mol. The fraction of sp³-hybridized carbons (Fsp3) is 0.263. The van der Waals surface area contributed by atoms with Crippen LogP contribution in [0.4, 0.5) is 0 Å². The minimum Gasteiger partial charge on any atom is -0.496 e. The summed E-state index contributed by atoms with van der Waals surface area (Å²) in [6.45, 7) is 2.68. The second-order valence-electron chi connectivity index (χ2n) is 5.73. The number of halogens is 1. The van der Waals surface area contributed by atoms with E-state index in [4.69, 9.17) is 4.74 Å². The molecule has 0 amide bonds. The van der Waals surface area contributed by atoms with E-state index < -0.39 is 0 Å². The molecule has 0 aliphatic carbocycles. The predicted molar refractivity (Wildman–Crippen MR) is 115 cm³/mol. The van der Waals surface area contributed by atoms with E-state index in [-0.39, 0.29) is 30.0 Å². The van der Waals surface area contributed by atoms with Crippen molar-refractivity contribution in [1.82, 2.24) is 20.0 Å². The second kappa shape index (κ2) is 9.42. The Morgan fingerprint density at radius 1 is 1.23 bits per heavy atom. The summed E-state index contributed by atoms with van der Waals surface area (Å²) in [6.07, 6.45) is 4.00. The molecule has 6 nitrogen and oxygen atoms in total. The van der Waals surface area contributed by atoms with Gasteiger partial charge < -0.3 is 19.8 Å². The second-order valence-corrected chi connectivity index (χ2v) is 5.73. The van der Waals surface area contributed by atoms with E-state index in [1.54, 1.807) is 14.2 Å². The van der Waals surface area contributed by atoms with Crippen LogP contribution < -0.4 is 15.4 Å². The molecule has 138 valence electrons. The maximum atomic E-state index is 5.43. The molecule has 0 radical (unpaired) electrons. The first-order chi connectivity index (χ1) is 12.2. The number of guanidine groups is 1.